The Labute approximate surface area is 185 Å². The first-order valence-electron chi connectivity index (χ1n) is 9.90. The van der Waals surface area contributed by atoms with Gasteiger partial charge in [-0.2, -0.15) is 5.26 Å². The third-order valence-electron chi connectivity index (χ3n) is 4.59. The SMILES string of the molecule is CCOc1cccc(NC(=O)/C(C#N)=C\c2ccc(-c3ccc(C(=O)OC)cc3C)o2)c1. The summed E-state index contributed by atoms with van der Waals surface area (Å²) in [5.74, 6) is 0.549. The monoisotopic (exact) mass is 430 g/mol. The Morgan fingerprint density at radius 1 is 1.16 bits per heavy atom. The molecule has 0 aliphatic rings. The quantitative estimate of drug-likeness (QED) is 0.322. The van der Waals surface area contributed by atoms with Crippen molar-refractivity contribution in [3.8, 4) is 23.1 Å². The van der Waals surface area contributed by atoms with Crippen molar-refractivity contribution >= 4 is 23.6 Å². The highest BCUT2D eigenvalue weighted by molar-refractivity contribution is 6.09. The molecule has 0 aliphatic carbocycles. The summed E-state index contributed by atoms with van der Waals surface area (Å²) in [6, 6.07) is 17.4. The van der Waals surface area contributed by atoms with Crippen molar-refractivity contribution in [2.75, 3.05) is 19.0 Å². The van der Waals surface area contributed by atoms with E-state index >= 15 is 0 Å². The van der Waals surface area contributed by atoms with Crippen LogP contribution in [-0.2, 0) is 9.53 Å². The summed E-state index contributed by atoms with van der Waals surface area (Å²) in [6.45, 7) is 4.23. The lowest BCUT2D eigenvalue weighted by Crippen LogP contribution is -2.13. The lowest BCUT2D eigenvalue weighted by atomic mass is 10.0. The summed E-state index contributed by atoms with van der Waals surface area (Å²) >= 11 is 0. The molecule has 7 nitrogen and oxygen atoms in total. The Morgan fingerprint density at radius 3 is 2.66 bits per heavy atom. The Kier molecular flexibility index (Phi) is 7.09. The third-order valence-corrected chi connectivity index (χ3v) is 4.59. The number of nitrogens with zero attached hydrogens (tertiary/aromatic N) is 1. The lowest BCUT2D eigenvalue weighted by Gasteiger charge is -2.07. The second-order valence-corrected chi connectivity index (χ2v) is 6.81. The number of hydrogen-bond donors (Lipinski definition) is 1. The van der Waals surface area contributed by atoms with E-state index in [9.17, 15) is 14.9 Å². The number of furan rings is 1. The fourth-order valence-electron chi connectivity index (χ4n) is 3.08. The maximum absolute atomic E-state index is 12.5. The molecule has 0 bridgehead atoms. The molecule has 1 aromatic heterocycles. The van der Waals surface area contributed by atoms with Crippen LogP contribution in [0.1, 0.15) is 28.6 Å². The van der Waals surface area contributed by atoms with Crippen molar-refractivity contribution in [2.24, 2.45) is 0 Å². The molecule has 1 amide bonds. The van der Waals surface area contributed by atoms with Gasteiger partial charge in [-0.25, -0.2) is 4.79 Å². The standard InChI is InChI=1S/C25H22N2O5/c1-4-31-20-7-5-6-19(14-20)27-24(28)18(15-26)13-21-9-11-23(32-21)22-10-8-17(12-16(22)2)25(29)30-3/h5-14H,4H2,1-3H3,(H,27,28)/b18-13-. The van der Waals surface area contributed by atoms with Gasteiger partial charge in [-0.3, -0.25) is 4.79 Å². The van der Waals surface area contributed by atoms with Crippen LogP contribution in [-0.4, -0.2) is 25.6 Å². The first-order valence-corrected chi connectivity index (χ1v) is 9.90. The van der Waals surface area contributed by atoms with E-state index in [1.165, 1.54) is 13.2 Å². The number of nitrogens with one attached hydrogen (secondary N) is 1. The van der Waals surface area contributed by atoms with Gasteiger partial charge in [0.25, 0.3) is 5.91 Å². The molecule has 0 aliphatic heterocycles. The minimum atomic E-state index is -0.558. The predicted molar refractivity (Wildman–Crippen MR) is 120 cm³/mol. The van der Waals surface area contributed by atoms with Crippen LogP contribution in [0.15, 0.2) is 64.6 Å². The normalized spacial score (nSPS) is 10.9. The van der Waals surface area contributed by atoms with E-state index < -0.39 is 11.9 Å². The molecule has 0 atom stereocenters. The van der Waals surface area contributed by atoms with Crippen molar-refractivity contribution in [3.05, 3.63) is 77.1 Å². The van der Waals surface area contributed by atoms with Gasteiger partial charge in [0.15, 0.2) is 0 Å². The summed E-state index contributed by atoms with van der Waals surface area (Å²) in [4.78, 5) is 24.2. The van der Waals surface area contributed by atoms with Gasteiger partial charge in [0.1, 0.15) is 28.9 Å². The van der Waals surface area contributed by atoms with E-state index in [1.54, 1.807) is 54.6 Å². The van der Waals surface area contributed by atoms with Crippen molar-refractivity contribution in [2.45, 2.75) is 13.8 Å². The van der Waals surface area contributed by atoms with E-state index in [0.29, 0.717) is 35.1 Å². The van der Waals surface area contributed by atoms with Crippen molar-refractivity contribution in [1.29, 1.82) is 5.26 Å². The molecule has 32 heavy (non-hydrogen) atoms. The second kappa shape index (κ2) is 10.1. The van der Waals surface area contributed by atoms with Crippen LogP contribution in [0.3, 0.4) is 0 Å². The molecule has 0 fully saturated rings. The predicted octanol–water partition coefficient (Wildman–Crippen LogP) is 4.99. The van der Waals surface area contributed by atoms with Crippen molar-refractivity contribution < 1.29 is 23.5 Å². The minimum Gasteiger partial charge on any atom is -0.494 e. The summed E-state index contributed by atoms with van der Waals surface area (Å²) in [7, 11) is 1.33. The second-order valence-electron chi connectivity index (χ2n) is 6.81. The topological polar surface area (TPSA) is 102 Å². The molecule has 0 saturated carbocycles. The molecule has 0 spiro atoms. The highest BCUT2D eigenvalue weighted by Crippen LogP contribution is 2.27. The number of anilines is 1. The van der Waals surface area contributed by atoms with Gasteiger partial charge >= 0.3 is 5.97 Å². The number of esters is 1. The summed E-state index contributed by atoms with van der Waals surface area (Å²) in [6.07, 6.45) is 1.38. The van der Waals surface area contributed by atoms with Crippen LogP contribution in [0.4, 0.5) is 5.69 Å². The van der Waals surface area contributed by atoms with Gasteiger partial charge in [0.2, 0.25) is 0 Å². The zero-order valence-electron chi connectivity index (χ0n) is 18.0. The van der Waals surface area contributed by atoms with Gasteiger partial charge in [-0.05, 0) is 55.8 Å². The maximum atomic E-state index is 12.5. The van der Waals surface area contributed by atoms with Crippen LogP contribution in [0.2, 0.25) is 0 Å². The molecule has 3 rings (SSSR count). The largest absolute Gasteiger partial charge is 0.494 e. The highest BCUT2D eigenvalue weighted by atomic mass is 16.5. The van der Waals surface area contributed by atoms with E-state index in [2.05, 4.69) is 5.32 Å². The van der Waals surface area contributed by atoms with Gasteiger partial charge in [0.05, 0.1) is 19.3 Å². The minimum absolute atomic E-state index is 0.106. The molecule has 7 heteroatoms. The average molecular weight is 430 g/mol. The number of methoxy groups -OCH3 is 1. The molecule has 0 radical (unpaired) electrons. The molecule has 0 unspecified atom stereocenters. The Hall–Kier alpha value is -4.31. The van der Waals surface area contributed by atoms with Crippen molar-refractivity contribution in [3.63, 3.8) is 0 Å². The number of aryl methyl sites for hydroxylation is 1. The fourth-order valence-corrected chi connectivity index (χ4v) is 3.08. The van der Waals surface area contributed by atoms with Gasteiger partial charge in [-0.1, -0.05) is 12.1 Å². The number of benzene rings is 2. The number of carbonyl (C=O) groups excluding carboxylic acids is 2. The summed E-state index contributed by atoms with van der Waals surface area (Å²) in [5, 5.41) is 12.1. The van der Waals surface area contributed by atoms with Gasteiger partial charge in [0, 0.05) is 23.4 Å². The van der Waals surface area contributed by atoms with Crippen LogP contribution < -0.4 is 10.1 Å². The Balaban J connectivity index is 1.79. The molecule has 2 aromatic carbocycles. The van der Waals surface area contributed by atoms with E-state index in [4.69, 9.17) is 13.9 Å². The van der Waals surface area contributed by atoms with E-state index in [0.717, 1.165) is 11.1 Å². The van der Waals surface area contributed by atoms with Gasteiger partial charge in [-0.15, -0.1) is 0 Å². The molecule has 3 aromatic rings. The average Bonchev–Trinajstić information content (AvgIpc) is 3.25. The number of carbonyl (C=O) groups is 2. The molecule has 162 valence electrons. The lowest BCUT2D eigenvalue weighted by molar-refractivity contribution is -0.112. The van der Waals surface area contributed by atoms with E-state index in [1.807, 2.05) is 19.9 Å². The van der Waals surface area contributed by atoms with Crippen LogP contribution in [0.25, 0.3) is 17.4 Å². The first kappa shape index (κ1) is 22.4. The molecular formula is C25H22N2O5. The number of nitriles is 1. The number of ether oxygens (including phenoxy) is 2. The third kappa shape index (κ3) is 5.24. The molecule has 1 heterocycles. The van der Waals surface area contributed by atoms with Gasteiger partial charge < -0.3 is 19.2 Å². The summed E-state index contributed by atoms with van der Waals surface area (Å²) in [5.41, 5.74) is 2.46. The molecule has 1 N–H and O–H groups in total. The zero-order chi connectivity index (χ0) is 23.1. The zero-order valence-corrected chi connectivity index (χ0v) is 18.0. The van der Waals surface area contributed by atoms with Crippen molar-refractivity contribution in [1.82, 2.24) is 0 Å². The first-order chi connectivity index (χ1) is 15.4. The smallest absolute Gasteiger partial charge is 0.337 e. The number of amides is 1. The maximum Gasteiger partial charge on any atom is 0.337 e. The summed E-state index contributed by atoms with van der Waals surface area (Å²) < 4.78 is 16.0. The number of hydrogen-bond acceptors (Lipinski definition) is 6. The molecular weight excluding hydrogens is 408 g/mol. The Bertz CT molecular complexity index is 1220. The number of rotatable bonds is 7. The van der Waals surface area contributed by atoms with Crippen LogP contribution >= 0.6 is 0 Å². The highest BCUT2D eigenvalue weighted by Gasteiger charge is 2.14. The van der Waals surface area contributed by atoms with Crippen LogP contribution in [0.5, 0.6) is 5.75 Å². The van der Waals surface area contributed by atoms with Crippen LogP contribution in [0, 0.1) is 18.3 Å². The van der Waals surface area contributed by atoms with E-state index in [-0.39, 0.29) is 5.57 Å². The Morgan fingerprint density at radius 2 is 1.97 bits per heavy atom. The molecule has 0 saturated heterocycles. The fraction of sp³-hybridized carbons (Fsp3) is 0.160.